The van der Waals surface area contributed by atoms with E-state index in [1.54, 1.807) is 18.2 Å². The normalized spacial score (nSPS) is 20.0. The summed E-state index contributed by atoms with van der Waals surface area (Å²) in [4.78, 5) is 3.28. The second kappa shape index (κ2) is 8.25. The lowest BCUT2D eigenvalue weighted by Gasteiger charge is -2.37. The van der Waals surface area contributed by atoms with Gasteiger partial charge in [0.15, 0.2) is 0 Å². The van der Waals surface area contributed by atoms with Crippen LogP contribution in [0.5, 0.6) is 0 Å². The molecule has 3 N–H and O–H groups in total. The maximum absolute atomic E-state index is 14.6. The molecule has 0 spiro atoms. The van der Waals surface area contributed by atoms with Crippen LogP contribution in [0.1, 0.15) is 43.2 Å². The molecule has 0 amide bonds. The van der Waals surface area contributed by atoms with E-state index in [-0.39, 0.29) is 24.3 Å². The summed E-state index contributed by atoms with van der Waals surface area (Å²) in [7, 11) is 0. The Labute approximate surface area is 170 Å². The van der Waals surface area contributed by atoms with E-state index in [0.717, 1.165) is 53.6 Å². The van der Waals surface area contributed by atoms with Crippen molar-refractivity contribution in [3.05, 3.63) is 59.2 Å². The molecular weight excluding hydrogens is 370 g/mol. The van der Waals surface area contributed by atoms with Crippen LogP contribution in [-0.4, -0.2) is 29.3 Å². The van der Waals surface area contributed by atoms with Gasteiger partial charge in [-0.25, -0.2) is 8.78 Å². The number of nitrogens with one attached hydrogen (secondary N) is 2. The average Bonchev–Trinajstić information content (AvgIpc) is 3.04. The highest BCUT2D eigenvalue weighted by atomic mass is 19.1. The maximum atomic E-state index is 14.6. The second-order valence-corrected chi connectivity index (χ2v) is 8.32. The van der Waals surface area contributed by atoms with E-state index < -0.39 is 0 Å². The molecule has 154 valence electrons. The molecule has 1 heterocycles. The van der Waals surface area contributed by atoms with E-state index in [0.29, 0.717) is 17.4 Å². The molecule has 3 nitrogen and oxygen atoms in total. The van der Waals surface area contributed by atoms with Crippen LogP contribution in [0.15, 0.2) is 36.4 Å². The minimum absolute atomic E-state index is 0.147. The lowest BCUT2D eigenvalue weighted by atomic mass is 9.70. The molecular formula is C24H28F2N2O. The van der Waals surface area contributed by atoms with Gasteiger partial charge in [-0.3, -0.25) is 0 Å². The third-order valence-electron chi connectivity index (χ3n) is 6.23. The minimum atomic E-state index is -0.280. The zero-order valence-corrected chi connectivity index (χ0v) is 16.9. The number of aromatic amines is 1. The van der Waals surface area contributed by atoms with Crippen molar-refractivity contribution in [3.63, 3.8) is 0 Å². The van der Waals surface area contributed by atoms with Gasteiger partial charge in [-0.2, -0.15) is 0 Å². The zero-order chi connectivity index (χ0) is 20.5. The fourth-order valence-corrected chi connectivity index (χ4v) is 4.49. The SMILES string of the molecule is CCC(CO)NCC1CC(c2c(-c3ccc(F)cc3)[nH]c3c(F)cc(C)cc23)C1. The van der Waals surface area contributed by atoms with Crippen molar-refractivity contribution in [1.29, 1.82) is 0 Å². The topological polar surface area (TPSA) is 48.0 Å². The molecule has 1 unspecified atom stereocenters. The molecule has 2 aromatic carbocycles. The quantitative estimate of drug-likeness (QED) is 0.507. The zero-order valence-electron chi connectivity index (χ0n) is 16.9. The number of rotatable bonds is 7. The highest BCUT2D eigenvalue weighted by molar-refractivity contribution is 5.92. The first-order valence-corrected chi connectivity index (χ1v) is 10.4. The fourth-order valence-electron chi connectivity index (χ4n) is 4.49. The van der Waals surface area contributed by atoms with Gasteiger partial charge < -0.3 is 15.4 Å². The average molecular weight is 398 g/mol. The van der Waals surface area contributed by atoms with E-state index in [1.165, 1.54) is 12.1 Å². The number of benzene rings is 2. The predicted octanol–water partition coefficient (Wildman–Crippen LogP) is 5.28. The third kappa shape index (κ3) is 3.94. The molecule has 0 bridgehead atoms. The Bertz CT molecular complexity index is 986. The van der Waals surface area contributed by atoms with Crippen molar-refractivity contribution in [2.45, 2.75) is 45.1 Å². The molecule has 0 saturated heterocycles. The summed E-state index contributed by atoms with van der Waals surface area (Å²) in [5.41, 5.74) is 4.33. The van der Waals surface area contributed by atoms with Crippen molar-refractivity contribution in [2.75, 3.05) is 13.2 Å². The summed E-state index contributed by atoms with van der Waals surface area (Å²) >= 11 is 0. The largest absolute Gasteiger partial charge is 0.395 e. The molecule has 1 aromatic heterocycles. The molecule has 1 atom stereocenters. The summed E-state index contributed by atoms with van der Waals surface area (Å²) in [5.74, 6) is 0.353. The smallest absolute Gasteiger partial charge is 0.147 e. The molecule has 1 aliphatic carbocycles. The number of aromatic nitrogens is 1. The van der Waals surface area contributed by atoms with Crippen LogP contribution in [-0.2, 0) is 0 Å². The number of H-pyrrole nitrogens is 1. The molecule has 1 saturated carbocycles. The van der Waals surface area contributed by atoms with Gasteiger partial charge in [0.25, 0.3) is 0 Å². The standard InChI is InChI=1S/C24H28F2N2O/c1-3-19(13-29)27-12-15-10-17(11-15)22-20-8-14(2)9-21(26)24(20)28-23(22)16-4-6-18(25)7-5-16/h4-9,15,17,19,27-29H,3,10-13H2,1-2H3. The van der Waals surface area contributed by atoms with Gasteiger partial charge in [-0.15, -0.1) is 0 Å². The predicted molar refractivity (Wildman–Crippen MR) is 113 cm³/mol. The van der Waals surface area contributed by atoms with Crippen LogP contribution < -0.4 is 5.32 Å². The summed E-state index contributed by atoms with van der Waals surface area (Å²) in [6, 6.07) is 10.1. The van der Waals surface area contributed by atoms with Crippen molar-refractivity contribution in [2.24, 2.45) is 5.92 Å². The van der Waals surface area contributed by atoms with Gasteiger partial charge in [0.05, 0.1) is 17.8 Å². The number of aliphatic hydroxyl groups is 1. The van der Waals surface area contributed by atoms with Crippen molar-refractivity contribution in [1.82, 2.24) is 10.3 Å². The Morgan fingerprint density at radius 3 is 2.55 bits per heavy atom. The lowest BCUT2D eigenvalue weighted by molar-refractivity contribution is 0.206. The Morgan fingerprint density at radius 1 is 1.17 bits per heavy atom. The van der Waals surface area contributed by atoms with E-state index in [9.17, 15) is 13.9 Å². The molecule has 29 heavy (non-hydrogen) atoms. The van der Waals surface area contributed by atoms with Crippen molar-refractivity contribution in [3.8, 4) is 11.3 Å². The molecule has 0 aliphatic heterocycles. The van der Waals surface area contributed by atoms with E-state index in [2.05, 4.69) is 17.2 Å². The minimum Gasteiger partial charge on any atom is -0.395 e. The van der Waals surface area contributed by atoms with Crippen molar-refractivity contribution >= 4 is 10.9 Å². The summed E-state index contributed by atoms with van der Waals surface area (Å²) in [6.45, 7) is 5.01. The van der Waals surface area contributed by atoms with Crippen molar-refractivity contribution < 1.29 is 13.9 Å². The molecule has 5 heteroatoms. The van der Waals surface area contributed by atoms with Gasteiger partial charge in [-0.05, 0) is 97.7 Å². The van der Waals surface area contributed by atoms with E-state index >= 15 is 0 Å². The number of hydrogen-bond acceptors (Lipinski definition) is 2. The third-order valence-corrected chi connectivity index (χ3v) is 6.23. The second-order valence-electron chi connectivity index (χ2n) is 8.32. The molecule has 1 aliphatic rings. The first-order chi connectivity index (χ1) is 14.0. The Morgan fingerprint density at radius 2 is 1.90 bits per heavy atom. The van der Waals surface area contributed by atoms with E-state index in [4.69, 9.17) is 0 Å². The molecule has 3 aromatic rings. The first kappa shape index (κ1) is 20.0. The Hall–Kier alpha value is -2.24. The monoisotopic (exact) mass is 398 g/mol. The highest BCUT2D eigenvalue weighted by Crippen LogP contribution is 2.48. The van der Waals surface area contributed by atoms with Gasteiger partial charge in [-0.1, -0.05) is 6.92 Å². The summed E-state index contributed by atoms with van der Waals surface area (Å²) in [6.07, 6.45) is 2.94. The summed E-state index contributed by atoms with van der Waals surface area (Å²) in [5, 5.41) is 13.7. The fraction of sp³-hybridized carbons (Fsp3) is 0.417. The van der Waals surface area contributed by atoms with Crippen LogP contribution in [0.3, 0.4) is 0 Å². The number of hydrogen-bond donors (Lipinski definition) is 3. The van der Waals surface area contributed by atoms with Crippen LogP contribution >= 0.6 is 0 Å². The van der Waals surface area contributed by atoms with E-state index in [1.807, 2.05) is 13.0 Å². The van der Waals surface area contributed by atoms with Crippen LogP contribution in [0.25, 0.3) is 22.2 Å². The number of aryl methyl sites for hydroxylation is 1. The van der Waals surface area contributed by atoms with Crippen LogP contribution in [0, 0.1) is 24.5 Å². The number of aliphatic hydroxyl groups excluding tert-OH is 1. The number of halogens is 2. The summed E-state index contributed by atoms with van der Waals surface area (Å²) < 4.78 is 28.1. The Kier molecular flexibility index (Phi) is 5.70. The first-order valence-electron chi connectivity index (χ1n) is 10.4. The number of fused-ring (bicyclic) bond motifs is 1. The van der Waals surface area contributed by atoms with Gasteiger partial charge >= 0.3 is 0 Å². The molecule has 0 radical (unpaired) electrons. The highest BCUT2D eigenvalue weighted by Gasteiger charge is 2.34. The van der Waals surface area contributed by atoms with Gasteiger partial charge in [0.2, 0.25) is 0 Å². The lowest BCUT2D eigenvalue weighted by Crippen LogP contribution is -2.39. The Balaban J connectivity index is 1.64. The van der Waals surface area contributed by atoms with Gasteiger partial charge in [0.1, 0.15) is 11.6 Å². The molecule has 4 rings (SSSR count). The molecule has 1 fully saturated rings. The van der Waals surface area contributed by atoms with Crippen LogP contribution in [0.4, 0.5) is 8.78 Å². The van der Waals surface area contributed by atoms with Crippen LogP contribution in [0.2, 0.25) is 0 Å². The van der Waals surface area contributed by atoms with Gasteiger partial charge in [0, 0.05) is 11.4 Å². The maximum Gasteiger partial charge on any atom is 0.147 e.